The van der Waals surface area contributed by atoms with Crippen LogP contribution in [0.25, 0.3) is 0 Å². The number of hydrogen-bond acceptors (Lipinski definition) is 4. The molecular weight excluding hydrogens is 296 g/mol. The minimum absolute atomic E-state index is 0.109. The summed E-state index contributed by atoms with van der Waals surface area (Å²) in [5.74, 6) is 0.449. The Kier molecular flexibility index (Phi) is 3.68. The van der Waals surface area contributed by atoms with Gasteiger partial charge in [0.25, 0.3) is 0 Å². The number of aromatic nitrogens is 1. The van der Waals surface area contributed by atoms with Gasteiger partial charge in [-0.2, -0.15) is 0 Å². The van der Waals surface area contributed by atoms with Crippen LogP contribution in [0.15, 0.2) is 47.5 Å². The molecule has 1 N–H and O–H groups in total. The first-order valence-corrected chi connectivity index (χ1v) is 9.27. The van der Waals surface area contributed by atoms with E-state index < -0.39 is 9.84 Å². The topological polar surface area (TPSA) is 59.1 Å². The van der Waals surface area contributed by atoms with Gasteiger partial charge in [-0.25, -0.2) is 13.4 Å². The number of sulfone groups is 1. The fraction of sp³-hybridized carbons (Fsp3) is 0.353. The van der Waals surface area contributed by atoms with Gasteiger partial charge in [-0.15, -0.1) is 0 Å². The number of hydrogen-bond donors (Lipinski definition) is 1. The van der Waals surface area contributed by atoms with Crippen molar-refractivity contribution in [3.63, 3.8) is 0 Å². The Morgan fingerprint density at radius 2 is 1.91 bits per heavy atom. The predicted octanol–water partition coefficient (Wildman–Crippen LogP) is 2.94. The zero-order chi connectivity index (χ0) is 15.8. The molecule has 0 spiro atoms. The predicted molar refractivity (Wildman–Crippen MR) is 87.9 cm³/mol. The van der Waals surface area contributed by atoms with E-state index in [-0.39, 0.29) is 10.3 Å². The molecule has 1 heterocycles. The zero-order valence-corrected chi connectivity index (χ0v) is 13.7. The van der Waals surface area contributed by atoms with Gasteiger partial charge in [-0.3, -0.25) is 0 Å². The van der Waals surface area contributed by atoms with Crippen LogP contribution in [0.4, 0.5) is 5.82 Å². The number of anilines is 1. The monoisotopic (exact) mass is 316 g/mol. The first-order chi connectivity index (χ1) is 10.4. The lowest BCUT2D eigenvalue weighted by Gasteiger charge is -2.20. The highest BCUT2D eigenvalue weighted by atomic mass is 32.2. The highest BCUT2D eigenvalue weighted by Crippen LogP contribution is 2.49. The Morgan fingerprint density at radius 1 is 1.18 bits per heavy atom. The largest absolute Gasteiger partial charge is 0.368 e. The van der Waals surface area contributed by atoms with E-state index >= 15 is 0 Å². The maximum atomic E-state index is 11.8. The van der Waals surface area contributed by atoms with Crippen LogP contribution < -0.4 is 5.32 Å². The van der Waals surface area contributed by atoms with Crippen molar-refractivity contribution in [2.24, 2.45) is 0 Å². The van der Waals surface area contributed by atoms with E-state index in [0.29, 0.717) is 12.4 Å². The molecule has 116 valence electrons. The molecule has 0 radical (unpaired) electrons. The van der Waals surface area contributed by atoms with Gasteiger partial charge < -0.3 is 5.32 Å². The summed E-state index contributed by atoms with van der Waals surface area (Å²) in [4.78, 5) is 4.46. The smallest absolute Gasteiger partial charge is 0.179 e. The average Bonchev–Trinajstić information content (AvgIpc) is 3.26. The highest BCUT2D eigenvalue weighted by Gasteiger charge is 2.44. The third kappa shape index (κ3) is 2.86. The standard InChI is InChI=1S/C17H20N2O2S/c1-13-6-3-4-7-14(13)17(9-10-17)12-19-16-15(22(2,20)21)8-5-11-18-16/h3-8,11H,9-10,12H2,1-2H3,(H,18,19). The van der Waals surface area contributed by atoms with Gasteiger partial charge in [0.15, 0.2) is 9.84 Å². The number of pyridine rings is 1. The number of nitrogens with one attached hydrogen (secondary N) is 1. The lowest BCUT2D eigenvalue weighted by atomic mass is 9.92. The van der Waals surface area contributed by atoms with Crippen molar-refractivity contribution < 1.29 is 8.42 Å². The Balaban J connectivity index is 1.84. The van der Waals surface area contributed by atoms with Gasteiger partial charge in [0.2, 0.25) is 0 Å². The summed E-state index contributed by atoms with van der Waals surface area (Å²) in [6.07, 6.45) is 5.06. The second kappa shape index (κ2) is 5.39. The van der Waals surface area contributed by atoms with Gasteiger partial charge in [0.1, 0.15) is 10.7 Å². The summed E-state index contributed by atoms with van der Waals surface area (Å²) >= 11 is 0. The van der Waals surface area contributed by atoms with E-state index in [0.717, 1.165) is 12.8 Å². The number of benzene rings is 1. The first-order valence-electron chi connectivity index (χ1n) is 7.37. The molecule has 0 bridgehead atoms. The maximum absolute atomic E-state index is 11.8. The molecule has 0 saturated heterocycles. The Morgan fingerprint density at radius 3 is 2.55 bits per heavy atom. The lowest BCUT2D eigenvalue weighted by Crippen LogP contribution is -2.22. The third-order valence-electron chi connectivity index (χ3n) is 4.33. The molecule has 1 aromatic carbocycles. The molecule has 22 heavy (non-hydrogen) atoms. The lowest BCUT2D eigenvalue weighted by molar-refractivity contribution is 0.601. The summed E-state index contributed by atoms with van der Waals surface area (Å²) < 4.78 is 23.7. The van der Waals surface area contributed by atoms with Crippen LogP contribution in [0.3, 0.4) is 0 Å². The van der Waals surface area contributed by atoms with Crippen LogP contribution >= 0.6 is 0 Å². The zero-order valence-electron chi connectivity index (χ0n) is 12.8. The molecule has 0 aliphatic heterocycles. The second-order valence-corrected chi connectivity index (χ2v) is 8.06. The molecule has 4 nitrogen and oxygen atoms in total. The van der Waals surface area contributed by atoms with Gasteiger partial charge in [0, 0.05) is 24.4 Å². The van der Waals surface area contributed by atoms with Crippen LogP contribution in [0, 0.1) is 6.92 Å². The van der Waals surface area contributed by atoms with Crippen LogP contribution in [0.2, 0.25) is 0 Å². The fourth-order valence-corrected chi connectivity index (χ4v) is 3.74. The van der Waals surface area contributed by atoms with Crippen LogP contribution in [0.1, 0.15) is 24.0 Å². The maximum Gasteiger partial charge on any atom is 0.179 e. The quantitative estimate of drug-likeness (QED) is 0.921. The van der Waals surface area contributed by atoms with Crippen molar-refractivity contribution in [3.8, 4) is 0 Å². The number of nitrogens with zero attached hydrogens (tertiary/aromatic N) is 1. The van der Waals surface area contributed by atoms with Crippen LogP contribution in [0.5, 0.6) is 0 Å². The third-order valence-corrected chi connectivity index (χ3v) is 5.46. The molecule has 1 fully saturated rings. The fourth-order valence-electron chi connectivity index (χ4n) is 2.94. The van der Waals surface area contributed by atoms with Crippen molar-refractivity contribution in [1.82, 2.24) is 4.98 Å². The highest BCUT2D eigenvalue weighted by molar-refractivity contribution is 7.90. The minimum Gasteiger partial charge on any atom is -0.368 e. The Hall–Kier alpha value is -1.88. The molecule has 0 unspecified atom stereocenters. The van der Waals surface area contributed by atoms with E-state index in [1.807, 2.05) is 6.07 Å². The summed E-state index contributed by atoms with van der Waals surface area (Å²) in [6.45, 7) is 2.83. The molecule has 0 atom stereocenters. The number of rotatable bonds is 5. The van der Waals surface area contributed by atoms with E-state index in [1.165, 1.54) is 17.4 Å². The minimum atomic E-state index is -3.28. The number of aryl methyl sites for hydroxylation is 1. The van der Waals surface area contributed by atoms with E-state index in [4.69, 9.17) is 0 Å². The molecule has 1 aliphatic rings. The Bertz CT molecular complexity index is 796. The molecule has 1 aromatic heterocycles. The van der Waals surface area contributed by atoms with Crippen molar-refractivity contribution in [2.75, 3.05) is 18.1 Å². The van der Waals surface area contributed by atoms with Crippen molar-refractivity contribution in [3.05, 3.63) is 53.7 Å². The van der Waals surface area contributed by atoms with Gasteiger partial charge in [-0.05, 0) is 43.0 Å². The van der Waals surface area contributed by atoms with Crippen LogP contribution in [-0.4, -0.2) is 26.2 Å². The summed E-state index contributed by atoms with van der Waals surface area (Å²) in [6, 6.07) is 11.6. The van der Waals surface area contributed by atoms with E-state index in [1.54, 1.807) is 18.3 Å². The average molecular weight is 316 g/mol. The van der Waals surface area contributed by atoms with E-state index in [9.17, 15) is 8.42 Å². The molecule has 2 aromatic rings. The molecule has 0 amide bonds. The molecule has 5 heteroatoms. The molecular formula is C17H20N2O2S. The normalized spacial score (nSPS) is 16.3. The van der Waals surface area contributed by atoms with Crippen LogP contribution in [-0.2, 0) is 15.3 Å². The van der Waals surface area contributed by atoms with Gasteiger partial charge in [-0.1, -0.05) is 24.3 Å². The van der Waals surface area contributed by atoms with Gasteiger partial charge in [0.05, 0.1) is 0 Å². The first kappa shape index (κ1) is 15.0. The SMILES string of the molecule is Cc1ccccc1C1(CNc2ncccc2S(C)(=O)=O)CC1. The summed E-state index contributed by atoms with van der Waals surface area (Å²) in [7, 11) is -3.28. The Labute approximate surface area is 131 Å². The van der Waals surface area contributed by atoms with Gasteiger partial charge >= 0.3 is 0 Å². The molecule has 1 aliphatic carbocycles. The van der Waals surface area contributed by atoms with Crippen molar-refractivity contribution >= 4 is 15.7 Å². The van der Waals surface area contributed by atoms with E-state index in [2.05, 4.69) is 35.4 Å². The molecule has 3 rings (SSSR count). The van der Waals surface area contributed by atoms with Crippen molar-refractivity contribution in [1.29, 1.82) is 0 Å². The van der Waals surface area contributed by atoms with Crippen molar-refractivity contribution in [2.45, 2.75) is 30.1 Å². The molecule has 1 saturated carbocycles. The summed E-state index contributed by atoms with van der Waals surface area (Å²) in [5, 5.41) is 3.26. The summed E-state index contributed by atoms with van der Waals surface area (Å²) in [5.41, 5.74) is 2.74. The second-order valence-electron chi connectivity index (χ2n) is 6.07.